The van der Waals surface area contributed by atoms with E-state index in [-0.39, 0.29) is 18.8 Å². The second-order valence-corrected chi connectivity index (χ2v) is 7.62. The van der Waals surface area contributed by atoms with Gasteiger partial charge in [0.15, 0.2) is 0 Å². The molecule has 0 saturated carbocycles. The largest absolute Gasteiger partial charge is 0.377 e. The predicted octanol–water partition coefficient (Wildman–Crippen LogP) is 2.90. The fourth-order valence-corrected chi connectivity index (χ4v) is 3.09. The molecule has 1 aromatic rings. The molecule has 0 radical (unpaired) electrons. The van der Waals surface area contributed by atoms with E-state index in [4.69, 9.17) is 13.7 Å². The first-order valence-electron chi connectivity index (χ1n) is 8.14. The monoisotopic (exact) mass is 342 g/mol. The topological polar surface area (TPSA) is 61.8 Å². The summed E-state index contributed by atoms with van der Waals surface area (Å²) in [7, 11) is -3.39. The second-order valence-electron chi connectivity index (χ2n) is 5.98. The summed E-state index contributed by atoms with van der Waals surface area (Å²) in [6.07, 6.45) is 5.93. The first kappa shape index (κ1) is 18.4. The Kier molecular flexibility index (Phi) is 7.49. The summed E-state index contributed by atoms with van der Waals surface area (Å²) in [5, 5.41) is 0. The van der Waals surface area contributed by atoms with E-state index < -0.39 is 10.1 Å². The van der Waals surface area contributed by atoms with Crippen LogP contribution in [0.1, 0.15) is 37.7 Å². The molecule has 1 saturated heterocycles. The molecule has 1 fully saturated rings. The van der Waals surface area contributed by atoms with Gasteiger partial charge in [0, 0.05) is 6.61 Å². The molecule has 2 unspecified atom stereocenters. The molecule has 130 valence electrons. The zero-order chi connectivity index (χ0) is 16.5. The van der Waals surface area contributed by atoms with Gasteiger partial charge in [-0.2, -0.15) is 8.42 Å². The van der Waals surface area contributed by atoms with Crippen molar-refractivity contribution >= 4 is 10.1 Å². The van der Waals surface area contributed by atoms with Gasteiger partial charge < -0.3 is 9.47 Å². The average molecular weight is 342 g/mol. The highest BCUT2D eigenvalue weighted by atomic mass is 32.2. The lowest BCUT2D eigenvalue weighted by atomic mass is 10.0. The van der Waals surface area contributed by atoms with Crippen LogP contribution in [0.25, 0.3) is 0 Å². The van der Waals surface area contributed by atoms with Gasteiger partial charge >= 0.3 is 0 Å². The fourth-order valence-electron chi connectivity index (χ4n) is 2.69. The van der Waals surface area contributed by atoms with Crippen molar-refractivity contribution in [3.8, 4) is 0 Å². The maximum Gasteiger partial charge on any atom is 0.264 e. The number of hydrogen-bond donors (Lipinski definition) is 0. The van der Waals surface area contributed by atoms with Crippen molar-refractivity contribution in [2.45, 2.75) is 50.9 Å². The molecule has 0 aliphatic carbocycles. The number of ether oxygens (including phenoxy) is 2. The number of benzene rings is 1. The molecule has 1 aliphatic rings. The van der Waals surface area contributed by atoms with E-state index in [0.29, 0.717) is 13.2 Å². The van der Waals surface area contributed by atoms with Gasteiger partial charge in [0.25, 0.3) is 10.1 Å². The Morgan fingerprint density at radius 2 is 1.91 bits per heavy atom. The Hall–Kier alpha value is -0.950. The van der Waals surface area contributed by atoms with Crippen molar-refractivity contribution in [2.24, 2.45) is 0 Å². The van der Waals surface area contributed by atoms with Crippen LogP contribution in [0.2, 0.25) is 0 Å². The fraction of sp³-hybridized carbons (Fsp3) is 0.647. The molecule has 0 amide bonds. The third kappa shape index (κ3) is 7.92. The van der Waals surface area contributed by atoms with Gasteiger partial charge in [-0.1, -0.05) is 30.3 Å². The molecular weight excluding hydrogens is 316 g/mol. The van der Waals surface area contributed by atoms with Crippen molar-refractivity contribution in [1.82, 2.24) is 0 Å². The summed E-state index contributed by atoms with van der Waals surface area (Å²) in [6, 6.07) is 10.1. The van der Waals surface area contributed by atoms with Crippen LogP contribution >= 0.6 is 0 Å². The van der Waals surface area contributed by atoms with Crippen LogP contribution in [0.5, 0.6) is 0 Å². The second kappa shape index (κ2) is 9.37. The normalized spacial score (nSPS) is 22.1. The van der Waals surface area contributed by atoms with E-state index >= 15 is 0 Å². The summed E-state index contributed by atoms with van der Waals surface area (Å²) >= 11 is 0. The van der Waals surface area contributed by atoms with Crippen LogP contribution in [0, 0.1) is 0 Å². The third-order valence-electron chi connectivity index (χ3n) is 3.83. The Morgan fingerprint density at radius 1 is 1.17 bits per heavy atom. The molecule has 0 N–H and O–H groups in total. The summed E-state index contributed by atoms with van der Waals surface area (Å²) in [6.45, 7) is 1.47. The zero-order valence-corrected chi connectivity index (χ0v) is 14.5. The maximum atomic E-state index is 11.0. The average Bonchev–Trinajstić information content (AvgIpc) is 2.53. The van der Waals surface area contributed by atoms with Gasteiger partial charge in [-0.05, 0) is 37.7 Å². The van der Waals surface area contributed by atoms with Crippen molar-refractivity contribution in [2.75, 3.05) is 19.5 Å². The van der Waals surface area contributed by atoms with Crippen molar-refractivity contribution in [3.63, 3.8) is 0 Å². The van der Waals surface area contributed by atoms with Gasteiger partial charge in [-0.3, -0.25) is 4.18 Å². The highest BCUT2D eigenvalue weighted by Crippen LogP contribution is 2.22. The summed E-state index contributed by atoms with van der Waals surface area (Å²) in [4.78, 5) is 0. The van der Waals surface area contributed by atoms with Crippen LogP contribution in [0.15, 0.2) is 30.3 Å². The third-order valence-corrected chi connectivity index (χ3v) is 4.40. The Bertz CT molecular complexity index is 543. The number of rotatable bonds is 9. The van der Waals surface area contributed by atoms with Gasteiger partial charge in [-0.25, -0.2) is 0 Å². The molecule has 1 heterocycles. The van der Waals surface area contributed by atoms with Crippen molar-refractivity contribution in [1.29, 1.82) is 0 Å². The van der Waals surface area contributed by atoms with E-state index in [1.165, 1.54) is 5.56 Å². The highest BCUT2D eigenvalue weighted by molar-refractivity contribution is 7.85. The van der Waals surface area contributed by atoms with Crippen LogP contribution in [0.3, 0.4) is 0 Å². The minimum Gasteiger partial charge on any atom is -0.377 e. The lowest BCUT2D eigenvalue weighted by Gasteiger charge is -2.29. The standard InChI is InChI=1S/C17H26O5S/c1-23(18,19)21-14-17-10-5-9-16(22-17)11-6-12-20-13-15-7-3-2-4-8-15/h2-4,7-8,16-17H,5-6,9-14H2,1H3. The summed E-state index contributed by atoms with van der Waals surface area (Å²) in [5.41, 5.74) is 1.18. The Morgan fingerprint density at radius 3 is 2.65 bits per heavy atom. The molecule has 5 nitrogen and oxygen atoms in total. The van der Waals surface area contributed by atoms with E-state index in [0.717, 1.165) is 38.4 Å². The van der Waals surface area contributed by atoms with Crippen molar-refractivity contribution in [3.05, 3.63) is 35.9 Å². The quantitative estimate of drug-likeness (QED) is 0.510. The van der Waals surface area contributed by atoms with Crippen LogP contribution < -0.4 is 0 Å². The molecule has 1 aromatic carbocycles. The number of hydrogen-bond acceptors (Lipinski definition) is 5. The smallest absolute Gasteiger partial charge is 0.264 e. The van der Waals surface area contributed by atoms with Gasteiger partial charge in [0.05, 0.1) is 31.7 Å². The molecule has 2 rings (SSSR count). The van der Waals surface area contributed by atoms with E-state index in [1.54, 1.807) is 0 Å². The van der Waals surface area contributed by atoms with Crippen LogP contribution in [-0.4, -0.2) is 40.1 Å². The molecule has 23 heavy (non-hydrogen) atoms. The van der Waals surface area contributed by atoms with Gasteiger partial charge in [0.1, 0.15) is 0 Å². The van der Waals surface area contributed by atoms with Gasteiger partial charge in [0.2, 0.25) is 0 Å². The van der Waals surface area contributed by atoms with Crippen molar-refractivity contribution < 1.29 is 22.1 Å². The Balaban J connectivity index is 1.58. The molecule has 0 bridgehead atoms. The predicted molar refractivity (Wildman–Crippen MR) is 88.6 cm³/mol. The van der Waals surface area contributed by atoms with E-state index in [2.05, 4.69) is 12.1 Å². The molecule has 2 atom stereocenters. The molecule has 0 aromatic heterocycles. The first-order valence-corrected chi connectivity index (χ1v) is 9.96. The Labute approximate surface area is 139 Å². The SMILES string of the molecule is CS(=O)(=O)OCC1CCCC(CCCOCc2ccccc2)O1. The maximum absolute atomic E-state index is 11.0. The lowest BCUT2D eigenvalue weighted by Crippen LogP contribution is -2.32. The highest BCUT2D eigenvalue weighted by Gasteiger charge is 2.23. The van der Waals surface area contributed by atoms with Gasteiger partial charge in [-0.15, -0.1) is 0 Å². The zero-order valence-electron chi connectivity index (χ0n) is 13.6. The summed E-state index contributed by atoms with van der Waals surface area (Å²) in [5.74, 6) is 0. The van der Waals surface area contributed by atoms with E-state index in [1.807, 2.05) is 18.2 Å². The lowest BCUT2D eigenvalue weighted by molar-refractivity contribution is -0.0719. The molecular formula is C17H26O5S. The van der Waals surface area contributed by atoms with E-state index in [9.17, 15) is 8.42 Å². The van der Waals surface area contributed by atoms with Crippen LogP contribution in [0.4, 0.5) is 0 Å². The molecule has 6 heteroatoms. The first-order chi connectivity index (χ1) is 11.0. The summed E-state index contributed by atoms with van der Waals surface area (Å²) < 4.78 is 38.4. The van der Waals surface area contributed by atoms with Crippen LogP contribution in [-0.2, 0) is 30.4 Å². The minimum atomic E-state index is -3.39. The molecule has 0 spiro atoms. The molecule has 1 aliphatic heterocycles. The minimum absolute atomic E-state index is 0.117.